The number of nitrogens with one attached hydrogen (secondary N) is 1. The average molecular weight is 248 g/mol. The molecule has 0 aromatic heterocycles. The lowest BCUT2D eigenvalue weighted by Gasteiger charge is -2.26. The highest BCUT2D eigenvalue weighted by atomic mass is 16.5. The molecule has 0 aliphatic carbocycles. The molecule has 0 saturated heterocycles. The number of ether oxygens (including phenoxy) is 1. The molecule has 100 valence electrons. The summed E-state index contributed by atoms with van der Waals surface area (Å²) in [6.07, 6.45) is 4.99. The fourth-order valence-corrected chi connectivity index (χ4v) is 2.07. The summed E-state index contributed by atoms with van der Waals surface area (Å²) in [5, 5.41) is 0. The van der Waals surface area contributed by atoms with E-state index in [9.17, 15) is 0 Å². The van der Waals surface area contributed by atoms with Crippen molar-refractivity contribution in [1.29, 1.82) is 0 Å². The van der Waals surface area contributed by atoms with Crippen molar-refractivity contribution in [2.45, 2.75) is 38.3 Å². The molecule has 0 fully saturated rings. The van der Waals surface area contributed by atoms with Gasteiger partial charge in [-0.15, -0.1) is 6.58 Å². The quantitative estimate of drug-likeness (QED) is 0.306. The minimum Gasteiger partial charge on any atom is -0.372 e. The van der Waals surface area contributed by atoms with Crippen LogP contribution in [-0.2, 0) is 4.74 Å². The third-order valence-corrected chi connectivity index (χ3v) is 2.98. The van der Waals surface area contributed by atoms with Gasteiger partial charge in [0.25, 0.3) is 0 Å². The van der Waals surface area contributed by atoms with Gasteiger partial charge in [-0.3, -0.25) is 11.3 Å². The molecule has 2 unspecified atom stereocenters. The van der Waals surface area contributed by atoms with E-state index in [2.05, 4.69) is 24.1 Å². The normalized spacial score (nSPS) is 14.1. The zero-order valence-corrected chi connectivity index (χ0v) is 11.1. The largest absolute Gasteiger partial charge is 0.372 e. The first-order valence-corrected chi connectivity index (χ1v) is 6.57. The van der Waals surface area contributed by atoms with E-state index in [1.807, 2.05) is 31.2 Å². The molecule has 0 aliphatic rings. The van der Waals surface area contributed by atoms with Crippen LogP contribution in [-0.4, -0.2) is 12.6 Å². The maximum Gasteiger partial charge on any atom is 0.0991 e. The second-order valence-corrected chi connectivity index (χ2v) is 4.28. The minimum absolute atomic E-state index is 0.00557. The minimum atomic E-state index is 0.00557. The molecule has 1 rings (SSSR count). The second-order valence-electron chi connectivity index (χ2n) is 4.28. The van der Waals surface area contributed by atoms with Crippen molar-refractivity contribution in [3.63, 3.8) is 0 Å². The first kappa shape index (κ1) is 14.9. The Hall–Kier alpha value is -1.16. The molecule has 0 spiro atoms. The van der Waals surface area contributed by atoms with Crippen LogP contribution in [0, 0.1) is 0 Å². The number of hydrogen-bond acceptors (Lipinski definition) is 3. The Morgan fingerprint density at radius 2 is 2.11 bits per heavy atom. The van der Waals surface area contributed by atoms with Gasteiger partial charge in [0, 0.05) is 6.61 Å². The SMILES string of the molecule is C=CCCCC(NN)C(OCC)c1ccccc1. The third-order valence-electron chi connectivity index (χ3n) is 2.98. The lowest BCUT2D eigenvalue weighted by Crippen LogP contribution is -2.40. The van der Waals surface area contributed by atoms with Crippen LogP contribution in [0.4, 0.5) is 0 Å². The number of nitrogens with two attached hydrogens (primary N) is 1. The van der Waals surface area contributed by atoms with Crippen LogP contribution in [0.15, 0.2) is 43.0 Å². The lowest BCUT2D eigenvalue weighted by atomic mass is 9.98. The zero-order valence-electron chi connectivity index (χ0n) is 11.1. The molecule has 1 aromatic carbocycles. The van der Waals surface area contributed by atoms with Gasteiger partial charge in [-0.25, -0.2) is 0 Å². The van der Waals surface area contributed by atoms with Crippen molar-refractivity contribution in [3.05, 3.63) is 48.6 Å². The second kappa shape index (κ2) is 8.86. The maximum atomic E-state index is 5.84. The van der Waals surface area contributed by atoms with Crippen molar-refractivity contribution in [1.82, 2.24) is 5.43 Å². The summed E-state index contributed by atoms with van der Waals surface area (Å²) in [4.78, 5) is 0. The average Bonchev–Trinajstić information content (AvgIpc) is 2.43. The molecule has 1 aromatic rings. The Morgan fingerprint density at radius 1 is 1.39 bits per heavy atom. The Labute approximate surface area is 110 Å². The molecule has 0 heterocycles. The van der Waals surface area contributed by atoms with E-state index in [0.29, 0.717) is 6.61 Å². The van der Waals surface area contributed by atoms with Gasteiger partial charge in [-0.2, -0.15) is 0 Å². The highest BCUT2D eigenvalue weighted by Gasteiger charge is 2.21. The van der Waals surface area contributed by atoms with E-state index >= 15 is 0 Å². The van der Waals surface area contributed by atoms with Crippen LogP contribution in [0.3, 0.4) is 0 Å². The number of rotatable bonds is 9. The van der Waals surface area contributed by atoms with Gasteiger partial charge in [-0.05, 0) is 31.7 Å². The third kappa shape index (κ3) is 4.61. The van der Waals surface area contributed by atoms with Crippen molar-refractivity contribution >= 4 is 0 Å². The first-order valence-electron chi connectivity index (χ1n) is 6.57. The summed E-state index contributed by atoms with van der Waals surface area (Å²) in [7, 11) is 0. The molecule has 3 heteroatoms. The monoisotopic (exact) mass is 248 g/mol. The number of allylic oxidation sites excluding steroid dienone is 1. The highest BCUT2D eigenvalue weighted by Crippen LogP contribution is 2.24. The summed E-state index contributed by atoms with van der Waals surface area (Å²) in [5.74, 6) is 5.67. The lowest BCUT2D eigenvalue weighted by molar-refractivity contribution is 0.0304. The summed E-state index contributed by atoms with van der Waals surface area (Å²) in [5.41, 5.74) is 4.05. The van der Waals surface area contributed by atoms with Gasteiger partial charge in [0.15, 0.2) is 0 Å². The Kier molecular flexibility index (Phi) is 7.34. The molecular formula is C15H24N2O. The molecule has 0 saturated carbocycles. The molecular weight excluding hydrogens is 224 g/mol. The number of hydrogen-bond donors (Lipinski definition) is 2. The molecule has 0 radical (unpaired) electrons. The van der Waals surface area contributed by atoms with E-state index in [1.165, 1.54) is 5.56 Å². The van der Waals surface area contributed by atoms with Crippen LogP contribution in [0.1, 0.15) is 37.9 Å². The van der Waals surface area contributed by atoms with Crippen LogP contribution in [0.25, 0.3) is 0 Å². The topological polar surface area (TPSA) is 47.3 Å². The smallest absolute Gasteiger partial charge is 0.0991 e. The fraction of sp³-hybridized carbons (Fsp3) is 0.467. The molecule has 0 aliphatic heterocycles. The number of benzene rings is 1. The number of unbranched alkanes of at least 4 members (excludes halogenated alkanes) is 1. The summed E-state index contributed by atoms with van der Waals surface area (Å²) < 4.78 is 5.84. The molecule has 2 atom stereocenters. The number of hydrazine groups is 1. The Bertz CT molecular complexity index is 327. The van der Waals surface area contributed by atoms with Gasteiger partial charge >= 0.3 is 0 Å². The van der Waals surface area contributed by atoms with Crippen LogP contribution in [0.5, 0.6) is 0 Å². The van der Waals surface area contributed by atoms with Gasteiger partial charge in [0.2, 0.25) is 0 Å². The Morgan fingerprint density at radius 3 is 2.67 bits per heavy atom. The van der Waals surface area contributed by atoms with Gasteiger partial charge in [0.05, 0.1) is 12.1 Å². The van der Waals surface area contributed by atoms with Gasteiger partial charge < -0.3 is 4.74 Å². The Balaban J connectivity index is 2.71. The van der Waals surface area contributed by atoms with Gasteiger partial charge in [0.1, 0.15) is 0 Å². The molecule has 0 bridgehead atoms. The fourth-order valence-electron chi connectivity index (χ4n) is 2.07. The summed E-state index contributed by atoms with van der Waals surface area (Å²) in [6, 6.07) is 10.4. The summed E-state index contributed by atoms with van der Waals surface area (Å²) >= 11 is 0. The highest BCUT2D eigenvalue weighted by molar-refractivity contribution is 5.19. The summed E-state index contributed by atoms with van der Waals surface area (Å²) in [6.45, 7) is 6.43. The first-order chi connectivity index (χ1) is 8.83. The zero-order chi connectivity index (χ0) is 13.2. The standard InChI is InChI=1S/C15H24N2O/c1-3-5-7-12-14(17-16)15(18-4-2)13-10-8-6-9-11-13/h3,6,8-11,14-15,17H,1,4-5,7,12,16H2,2H3. The van der Waals surface area contributed by atoms with E-state index in [4.69, 9.17) is 10.6 Å². The van der Waals surface area contributed by atoms with E-state index < -0.39 is 0 Å². The molecule has 0 amide bonds. The van der Waals surface area contributed by atoms with E-state index in [0.717, 1.165) is 19.3 Å². The van der Waals surface area contributed by atoms with Crippen LogP contribution < -0.4 is 11.3 Å². The molecule has 18 heavy (non-hydrogen) atoms. The van der Waals surface area contributed by atoms with Crippen LogP contribution >= 0.6 is 0 Å². The van der Waals surface area contributed by atoms with E-state index in [1.54, 1.807) is 0 Å². The van der Waals surface area contributed by atoms with Crippen LogP contribution in [0.2, 0.25) is 0 Å². The van der Waals surface area contributed by atoms with Crippen molar-refractivity contribution in [2.75, 3.05) is 6.61 Å². The maximum absolute atomic E-state index is 5.84. The predicted molar refractivity (Wildman–Crippen MR) is 76.0 cm³/mol. The van der Waals surface area contributed by atoms with Crippen molar-refractivity contribution in [2.24, 2.45) is 5.84 Å². The van der Waals surface area contributed by atoms with Crippen molar-refractivity contribution in [3.8, 4) is 0 Å². The molecule has 3 nitrogen and oxygen atoms in total. The van der Waals surface area contributed by atoms with Gasteiger partial charge in [-0.1, -0.05) is 36.4 Å². The van der Waals surface area contributed by atoms with Crippen molar-refractivity contribution < 1.29 is 4.74 Å². The molecule has 3 N–H and O–H groups in total. The predicted octanol–water partition coefficient (Wildman–Crippen LogP) is 2.95. The van der Waals surface area contributed by atoms with E-state index in [-0.39, 0.29) is 12.1 Å².